The second-order valence-electron chi connectivity index (χ2n) is 4.65. The highest BCUT2D eigenvalue weighted by atomic mass is 16.5. The van der Waals surface area contributed by atoms with Crippen LogP contribution in [-0.4, -0.2) is 43.9 Å². The molecule has 0 saturated heterocycles. The van der Waals surface area contributed by atoms with Gasteiger partial charge in [0.1, 0.15) is 0 Å². The third-order valence-electron chi connectivity index (χ3n) is 3.31. The number of ketones is 1. The highest BCUT2D eigenvalue weighted by Gasteiger charge is 2.22. The predicted molar refractivity (Wildman–Crippen MR) is 76.2 cm³/mol. The number of amides is 1. The maximum absolute atomic E-state index is 11.7. The van der Waals surface area contributed by atoms with Gasteiger partial charge in [-0.15, -0.1) is 0 Å². The summed E-state index contributed by atoms with van der Waals surface area (Å²) in [6.45, 7) is 2.94. The Morgan fingerprint density at radius 3 is 2.20 bits per heavy atom. The van der Waals surface area contributed by atoms with Crippen molar-refractivity contribution in [2.45, 2.75) is 26.3 Å². The molecule has 0 heterocycles. The van der Waals surface area contributed by atoms with Crippen LogP contribution in [0.25, 0.3) is 0 Å². The molecule has 0 aliphatic carbocycles. The summed E-state index contributed by atoms with van der Waals surface area (Å²) in [7, 11) is 4.76. The molecule has 0 spiro atoms. The third kappa shape index (κ3) is 3.73. The van der Waals surface area contributed by atoms with E-state index < -0.39 is 6.04 Å². The first kappa shape index (κ1) is 16.0. The van der Waals surface area contributed by atoms with Crippen molar-refractivity contribution in [3.63, 3.8) is 0 Å². The van der Waals surface area contributed by atoms with E-state index in [2.05, 4.69) is 0 Å². The Kier molecular flexibility index (Phi) is 5.55. The number of carbonyl (C=O) groups excluding carboxylic acids is 2. The van der Waals surface area contributed by atoms with Crippen LogP contribution in [0.3, 0.4) is 0 Å². The van der Waals surface area contributed by atoms with Crippen LogP contribution in [0.1, 0.15) is 19.4 Å². The Balaban J connectivity index is 3.00. The van der Waals surface area contributed by atoms with Gasteiger partial charge in [0, 0.05) is 20.4 Å². The highest BCUT2D eigenvalue weighted by molar-refractivity contribution is 5.86. The van der Waals surface area contributed by atoms with Gasteiger partial charge in [-0.1, -0.05) is 6.07 Å². The van der Waals surface area contributed by atoms with Crippen molar-refractivity contribution in [3.05, 3.63) is 23.8 Å². The van der Waals surface area contributed by atoms with Gasteiger partial charge in [-0.3, -0.25) is 9.59 Å². The number of carbonyl (C=O) groups is 2. The Labute approximate surface area is 119 Å². The zero-order valence-corrected chi connectivity index (χ0v) is 12.6. The Hall–Kier alpha value is -2.04. The summed E-state index contributed by atoms with van der Waals surface area (Å²) in [5.41, 5.74) is 0.913. The van der Waals surface area contributed by atoms with Crippen LogP contribution in [0.4, 0.5) is 0 Å². The molecule has 0 unspecified atom stereocenters. The second kappa shape index (κ2) is 6.93. The molecule has 110 valence electrons. The molecule has 1 aromatic rings. The van der Waals surface area contributed by atoms with E-state index >= 15 is 0 Å². The van der Waals surface area contributed by atoms with Gasteiger partial charge in [0.2, 0.25) is 5.91 Å². The molecule has 0 aliphatic heterocycles. The molecule has 1 aromatic carbocycles. The lowest BCUT2D eigenvalue weighted by molar-refractivity contribution is -0.135. The van der Waals surface area contributed by atoms with E-state index in [1.807, 2.05) is 12.1 Å². The van der Waals surface area contributed by atoms with Gasteiger partial charge >= 0.3 is 0 Å². The van der Waals surface area contributed by atoms with E-state index in [1.54, 1.807) is 27.3 Å². The first-order valence-corrected chi connectivity index (χ1v) is 6.35. The zero-order chi connectivity index (χ0) is 15.3. The van der Waals surface area contributed by atoms with Crippen molar-refractivity contribution < 1.29 is 19.1 Å². The molecule has 1 amide bonds. The van der Waals surface area contributed by atoms with E-state index in [1.165, 1.54) is 18.7 Å². The molecule has 0 aromatic heterocycles. The number of nitrogens with zero attached hydrogens (tertiary/aromatic N) is 1. The summed E-state index contributed by atoms with van der Waals surface area (Å²) in [5.74, 6) is 1.07. The molecule has 1 atom stereocenters. The van der Waals surface area contributed by atoms with Crippen molar-refractivity contribution in [1.29, 1.82) is 0 Å². The van der Waals surface area contributed by atoms with Crippen molar-refractivity contribution >= 4 is 11.7 Å². The largest absolute Gasteiger partial charge is 0.493 e. The zero-order valence-electron chi connectivity index (χ0n) is 12.6. The number of benzene rings is 1. The summed E-state index contributed by atoms with van der Waals surface area (Å²) in [6.07, 6.45) is 0.450. The molecule has 0 N–H and O–H groups in total. The first-order chi connectivity index (χ1) is 9.40. The first-order valence-electron chi connectivity index (χ1n) is 6.35. The van der Waals surface area contributed by atoms with Crippen LogP contribution < -0.4 is 9.47 Å². The van der Waals surface area contributed by atoms with Crippen LogP contribution in [0.2, 0.25) is 0 Å². The van der Waals surface area contributed by atoms with Gasteiger partial charge < -0.3 is 14.4 Å². The second-order valence-corrected chi connectivity index (χ2v) is 4.65. The van der Waals surface area contributed by atoms with Gasteiger partial charge in [0.15, 0.2) is 17.3 Å². The molecule has 0 bridgehead atoms. The summed E-state index contributed by atoms with van der Waals surface area (Å²) < 4.78 is 10.4. The van der Waals surface area contributed by atoms with Crippen molar-refractivity contribution in [3.8, 4) is 11.5 Å². The highest BCUT2D eigenvalue weighted by Crippen LogP contribution is 2.28. The molecule has 5 heteroatoms. The molecule has 0 aliphatic rings. The minimum Gasteiger partial charge on any atom is -0.493 e. The Morgan fingerprint density at radius 1 is 1.15 bits per heavy atom. The van der Waals surface area contributed by atoms with Crippen LogP contribution in [-0.2, 0) is 16.0 Å². The molecule has 0 radical (unpaired) electrons. The average molecular weight is 279 g/mol. The normalized spacial score (nSPS) is 11.7. The van der Waals surface area contributed by atoms with Gasteiger partial charge in [-0.25, -0.2) is 0 Å². The lowest BCUT2D eigenvalue weighted by atomic mass is 10.0. The lowest BCUT2D eigenvalue weighted by Gasteiger charge is -2.25. The molecule has 0 saturated carbocycles. The minimum atomic E-state index is -0.467. The number of likely N-dealkylation sites (N-methyl/N-ethyl adjacent to an activating group) is 1. The van der Waals surface area contributed by atoms with E-state index in [4.69, 9.17) is 9.47 Å². The number of methoxy groups -OCH3 is 2. The molecule has 1 rings (SSSR count). The quantitative estimate of drug-likeness (QED) is 0.795. The van der Waals surface area contributed by atoms with Gasteiger partial charge in [-0.05, 0) is 24.6 Å². The maximum Gasteiger partial charge on any atom is 0.219 e. The predicted octanol–water partition coefficient (Wildman–Crippen LogP) is 1.68. The number of Topliss-reactive ketones (excluding diaryl/α,β-unsaturated/α-hetero) is 1. The topological polar surface area (TPSA) is 55.8 Å². The Morgan fingerprint density at radius 2 is 1.75 bits per heavy atom. The maximum atomic E-state index is 11.7. The standard InChI is InChI=1S/C15H21NO4/c1-10(17)13(16(3)11(2)18)8-12-6-7-14(19-4)15(9-12)20-5/h6-7,9,13H,8H2,1-5H3/t13-/m0/s1. The van der Waals surface area contributed by atoms with Gasteiger partial charge in [0.05, 0.1) is 20.3 Å². The lowest BCUT2D eigenvalue weighted by Crippen LogP contribution is -2.41. The van der Waals surface area contributed by atoms with Crippen LogP contribution >= 0.6 is 0 Å². The molecule has 0 fully saturated rings. The summed E-state index contributed by atoms with van der Waals surface area (Å²) in [5, 5.41) is 0. The number of ether oxygens (including phenoxy) is 2. The van der Waals surface area contributed by atoms with Crippen LogP contribution in [0, 0.1) is 0 Å². The fourth-order valence-corrected chi connectivity index (χ4v) is 2.00. The summed E-state index contributed by atoms with van der Waals surface area (Å²) in [6, 6.07) is 5.01. The molecular formula is C15H21NO4. The SMILES string of the molecule is COc1ccc(C[C@@H](C(C)=O)N(C)C(C)=O)cc1OC. The number of hydrogen-bond donors (Lipinski definition) is 0. The summed E-state index contributed by atoms with van der Waals surface area (Å²) in [4.78, 5) is 24.6. The van der Waals surface area contributed by atoms with Gasteiger partial charge in [-0.2, -0.15) is 0 Å². The van der Waals surface area contributed by atoms with Gasteiger partial charge in [0.25, 0.3) is 0 Å². The van der Waals surface area contributed by atoms with Crippen LogP contribution in [0.5, 0.6) is 11.5 Å². The van der Waals surface area contributed by atoms with Crippen molar-refractivity contribution in [2.24, 2.45) is 0 Å². The third-order valence-corrected chi connectivity index (χ3v) is 3.31. The van der Waals surface area contributed by atoms with E-state index in [0.29, 0.717) is 17.9 Å². The summed E-state index contributed by atoms with van der Waals surface area (Å²) >= 11 is 0. The van der Waals surface area contributed by atoms with Crippen molar-refractivity contribution in [1.82, 2.24) is 4.90 Å². The van der Waals surface area contributed by atoms with Crippen LogP contribution in [0.15, 0.2) is 18.2 Å². The molecule has 5 nitrogen and oxygen atoms in total. The smallest absolute Gasteiger partial charge is 0.219 e. The molecular weight excluding hydrogens is 258 g/mol. The average Bonchev–Trinajstić information content (AvgIpc) is 2.43. The number of hydrogen-bond acceptors (Lipinski definition) is 4. The number of rotatable bonds is 6. The van der Waals surface area contributed by atoms with E-state index in [-0.39, 0.29) is 11.7 Å². The fraction of sp³-hybridized carbons (Fsp3) is 0.467. The van der Waals surface area contributed by atoms with E-state index in [9.17, 15) is 9.59 Å². The monoisotopic (exact) mass is 279 g/mol. The van der Waals surface area contributed by atoms with E-state index in [0.717, 1.165) is 5.56 Å². The van der Waals surface area contributed by atoms with Crippen molar-refractivity contribution in [2.75, 3.05) is 21.3 Å². The molecule has 20 heavy (non-hydrogen) atoms. The Bertz CT molecular complexity index is 499. The fourth-order valence-electron chi connectivity index (χ4n) is 2.00. The minimum absolute atomic E-state index is 0.0440.